The summed E-state index contributed by atoms with van der Waals surface area (Å²) in [6, 6.07) is 9.57. The van der Waals surface area contributed by atoms with Gasteiger partial charge in [0.05, 0.1) is 0 Å². The van der Waals surface area contributed by atoms with E-state index in [1.165, 1.54) is 12.4 Å². The van der Waals surface area contributed by atoms with E-state index in [0.717, 1.165) is 49.2 Å². The van der Waals surface area contributed by atoms with Crippen LogP contribution in [0.15, 0.2) is 42.7 Å². The van der Waals surface area contributed by atoms with Crippen molar-refractivity contribution in [2.75, 3.05) is 36.4 Å². The Balaban J connectivity index is 1.72. The van der Waals surface area contributed by atoms with Crippen molar-refractivity contribution in [2.45, 2.75) is 0 Å². The fourth-order valence-electron chi connectivity index (χ4n) is 2.56. The molecule has 1 fully saturated rings. The van der Waals surface area contributed by atoms with E-state index in [1.54, 1.807) is 6.20 Å². The van der Waals surface area contributed by atoms with Crippen molar-refractivity contribution in [3.63, 3.8) is 0 Å². The summed E-state index contributed by atoms with van der Waals surface area (Å²) in [7, 11) is 0. The number of hydrogen-bond acceptors (Lipinski definition) is 7. The van der Waals surface area contributed by atoms with Gasteiger partial charge in [-0.15, -0.1) is 0 Å². The second-order valence-corrected chi connectivity index (χ2v) is 5.45. The van der Waals surface area contributed by atoms with Crippen LogP contribution in [0.3, 0.4) is 0 Å². The zero-order valence-corrected chi connectivity index (χ0v) is 13.4. The van der Waals surface area contributed by atoms with Crippen LogP contribution < -0.4 is 21.3 Å². The van der Waals surface area contributed by atoms with E-state index in [9.17, 15) is 0 Å². The molecule has 1 saturated heterocycles. The second kappa shape index (κ2) is 7.56. The Morgan fingerprint density at radius 2 is 1.96 bits per heavy atom. The van der Waals surface area contributed by atoms with Crippen molar-refractivity contribution in [1.29, 1.82) is 5.41 Å². The lowest BCUT2D eigenvalue weighted by Crippen LogP contribution is -2.44. The van der Waals surface area contributed by atoms with E-state index in [-0.39, 0.29) is 0 Å². The normalized spacial score (nSPS) is 15.2. The molecular weight excluding hydrogens is 302 g/mol. The van der Waals surface area contributed by atoms with Crippen molar-refractivity contribution in [3.8, 4) is 0 Å². The molecule has 7 heteroatoms. The number of anilines is 3. The number of aromatic nitrogens is 2. The highest BCUT2D eigenvalue weighted by atomic mass is 15.3. The third-order valence-corrected chi connectivity index (χ3v) is 3.87. The number of hydrogen-bond donors (Lipinski definition) is 4. The minimum atomic E-state index is 0.685. The summed E-state index contributed by atoms with van der Waals surface area (Å²) in [6.07, 6.45) is 4.44. The summed E-state index contributed by atoms with van der Waals surface area (Å²) in [5, 5.41) is 13.9. The molecule has 1 aromatic carbocycles. The molecule has 7 nitrogen and oxygen atoms in total. The van der Waals surface area contributed by atoms with Crippen LogP contribution >= 0.6 is 0 Å². The SMILES string of the molecule is N=C/C(=C\N)c1ccc(Nc2ccnc(N3CCNCC3)n2)cc1. The number of allylic oxidation sites excluding steroid dienone is 1. The minimum absolute atomic E-state index is 0.685. The van der Waals surface area contributed by atoms with Crippen molar-refractivity contribution >= 4 is 29.2 Å². The van der Waals surface area contributed by atoms with E-state index in [1.807, 2.05) is 30.3 Å². The van der Waals surface area contributed by atoms with Crippen molar-refractivity contribution in [3.05, 3.63) is 48.3 Å². The molecule has 1 aliphatic rings. The first-order valence-corrected chi connectivity index (χ1v) is 7.88. The Morgan fingerprint density at radius 1 is 1.21 bits per heavy atom. The number of nitrogens with two attached hydrogens (primary N) is 1. The predicted molar refractivity (Wildman–Crippen MR) is 97.8 cm³/mol. The lowest BCUT2D eigenvalue weighted by atomic mass is 10.1. The van der Waals surface area contributed by atoms with Crippen LogP contribution in [0.1, 0.15) is 5.56 Å². The first kappa shape index (κ1) is 15.9. The molecule has 5 N–H and O–H groups in total. The number of nitrogens with one attached hydrogen (secondary N) is 3. The summed E-state index contributed by atoms with van der Waals surface area (Å²) >= 11 is 0. The minimum Gasteiger partial charge on any atom is -0.404 e. The van der Waals surface area contributed by atoms with Gasteiger partial charge >= 0.3 is 0 Å². The molecule has 0 aliphatic carbocycles. The van der Waals surface area contributed by atoms with Gasteiger partial charge in [-0.05, 0) is 23.8 Å². The smallest absolute Gasteiger partial charge is 0.227 e. The van der Waals surface area contributed by atoms with Crippen molar-refractivity contribution in [2.24, 2.45) is 5.73 Å². The molecule has 2 aromatic rings. The van der Waals surface area contributed by atoms with Gasteiger partial charge in [0.25, 0.3) is 0 Å². The van der Waals surface area contributed by atoms with Crippen molar-refractivity contribution < 1.29 is 0 Å². The lowest BCUT2D eigenvalue weighted by Gasteiger charge is -2.27. The zero-order chi connectivity index (χ0) is 16.8. The molecule has 0 spiro atoms. The van der Waals surface area contributed by atoms with Crippen molar-refractivity contribution in [1.82, 2.24) is 15.3 Å². The fraction of sp³-hybridized carbons (Fsp3) is 0.235. The largest absolute Gasteiger partial charge is 0.404 e. The Labute approximate surface area is 141 Å². The van der Waals surface area contributed by atoms with Gasteiger partial charge in [-0.2, -0.15) is 4.98 Å². The van der Waals surface area contributed by atoms with Gasteiger partial charge < -0.3 is 26.7 Å². The van der Waals surface area contributed by atoms with Crippen LogP contribution in [0, 0.1) is 5.41 Å². The van der Waals surface area contributed by atoms with Crippen LogP contribution in [-0.2, 0) is 0 Å². The molecule has 1 aromatic heterocycles. The molecule has 3 rings (SSSR count). The fourth-order valence-corrected chi connectivity index (χ4v) is 2.56. The second-order valence-electron chi connectivity index (χ2n) is 5.45. The quantitative estimate of drug-likeness (QED) is 0.623. The van der Waals surface area contributed by atoms with Gasteiger partial charge in [0, 0.05) is 56.1 Å². The third kappa shape index (κ3) is 3.69. The first-order valence-electron chi connectivity index (χ1n) is 7.88. The third-order valence-electron chi connectivity index (χ3n) is 3.87. The van der Waals surface area contributed by atoms with Gasteiger partial charge in [-0.3, -0.25) is 0 Å². The highest BCUT2D eigenvalue weighted by Gasteiger charge is 2.13. The van der Waals surface area contributed by atoms with Gasteiger partial charge in [0.1, 0.15) is 5.82 Å². The van der Waals surface area contributed by atoms with Crippen LogP contribution in [0.5, 0.6) is 0 Å². The van der Waals surface area contributed by atoms with Gasteiger partial charge in [-0.25, -0.2) is 4.98 Å². The average Bonchev–Trinajstić information content (AvgIpc) is 2.65. The van der Waals surface area contributed by atoms with Crippen LogP contribution in [0.25, 0.3) is 5.57 Å². The Hall–Kier alpha value is -2.93. The summed E-state index contributed by atoms with van der Waals surface area (Å²) in [5.74, 6) is 1.50. The molecule has 0 amide bonds. The molecule has 0 atom stereocenters. The molecule has 124 valence electrons. The van der Waals surface area contributed by atoms with Gasteiger partial charge in [0.2, 0.25) is 5.95 Å². The molecular formula is C17H21N7. The van der Waals surface area contributed by atoms with E-state index >= 15 is 0 Å². The Morgan fingerprint density at radius 3 is 2.62 bits per heavy atom. The van der Waals surface area contributed by atoms with Crippen LogP contribution in [0.4, 0.5) is 17.5 Å². The molecule has 24 heavy (non-hydrogen) atoms. The molecule has 0 saturated carbocycles. The van der Waals surface area contributed by atoms with Crippen LogP contribution in [0.2, 0.25) is 0 Å². The maximum Gasteiger partial charge on any atom is 0.227 e. The Bertz CT molecular complexity index is 718. The molecule has 1 aliphatic heterocycles. The van der Waals surface area contributed by atoms with Gasteiger partial charge in [-0.1, -0.05) is 12.1 Å². The standard InChI is InChI=1S/C17H21N7/c18-11-14(12-19)13-1-3-15(4-2-13)22-16-5-6-21-17(23-16)24-9-7-20-8-10-24/h1-6,11-12,18,20H,7-10,19H2,(H,21,22,23)/b14-12+,18-11?. The predicted octanol–water partition coefficient (Wildman–Crippen LogP) is 1.58. The molecule has 0 bridgehead atoms. The molecule has 2 heterocycles. The highest BCUT2D eigenvalue weighted by Crippen LogP contribution is 2.19. The maximum atomic E-state index is 7.34. The van der Waals surface area contributed by atoms with Crippen LogP contribution in [-0.4, -0.2) is 42.4 Å². The zero-order valence-electron chi connectivity index (χ0n) is 13.4. The monoisotopic (exact) mass is 323 g/mol. The molecule has 0 unspecified atom stereocenters. The topological polar surface area (TPSA) is 103 Å². The average molecular weight is 323 g/mol. The summed E-state index contributed by atoms with van der Waals surface area (Å²) in [4.78, 5) is 11.1. The van der Waals surface area contributed by atoms with E-state index in [2.05, 4.69) is 25.5 Å². The summed E-state index contributed by atoms with van der Waals surface area (Å²) < 4.78 is 0. The summed E-state index contributed by atoms with van der Waals surface area (Å²) in [6.45, 7) is 3.73. The summed E-state index contributed by atoms with van der Waals surface area (Å²) in [5.41, 5.74) is 8.02. The number of piperazine rings is 1. The van der Waals surface area contributed by atoms with E-state index in [4.69, 9.17) is 11.1 Å². The lowest BCUT2D eigenvalue weighted by molar-refractivity contribution is 0.580. The number of benzene rings is 1. The Kier molecular flexibility index (Phi) is 5.02. The first-order chi connectivity index (χ1) is 11.8. The number of nitrogens with zero attached hydrogens (tertiary/aromatic N) is 3. The van der Waals surface area contributed by atoms with E-state index < -0.39 is 0 Å². The maximum absolute atomic E-state index is 7.34. The van der Waals surface area contributed by atoms with E-state index in [0.29, 0.717) is 5.57 Å². The number of rotatable bonds is 5. The van der Waals surface area contributed by atoms with Gasteiger partial charge in [0.15, 0.2) is 0 Å². The molecule has 0 radical (unpaired) electrons. The highest BCUT2D eigenvalue weighted by molar-refractivity contribution is 6.08.